The molecule has 8 heavy (non-hydrogen) atoms. The van der Waals surface area contributed by atoms with Crippen LogP contribution >= 0.6 is 0 Å². The summed E-state index contributed by atoms with van der Waals surface area (Å²) in [7, 11) is 1.34. The topological polar surface area (TPSA) is 35.2 Å². The minimum atomic E-state index is -2.48. The molecule has 0 aliphatic carbocycles. The summed E-state index contributed by atoms with van der Waals surface area (Å²) in [5, 5.41) is 0. The van der Waals surface area contributed by atoms with Crippen molar-refractivity contribution in [3.8, 4) is 0 Å². The van der Waals surface area contributed by atoms with Crippen molar-refractivity contribution in [1.82, 2.24) is 0 Å². The second-order valence-corrected chi connectivity index (χ2v) is 1.45. The van der Waals surface area contributed by atoms with E-state index < -0.39 is 12.5 Å². The Hall–Kier alpha value is -0.220. The number of rotatable bonds is 3. The standard InChI is InChI=1S/C4H9F2NO/c1-8-2-3(7)4(5)6/h3-4H,2,7H2,1H3. The Kier molecular flexibility index (Phi) is 3.64. The SMILES string of the molecule is COCC(N)C(F)F. The van der Waals surface area contributed by atoms with E-state index in [0.29, 0.717) is 0 Å². The molecule has 0 fully saturated rings. The van der Waals surface area contributed by atoms with Gasteiger partial charge in [-0.15, -0.1) is 0 Å². The van der Waals surface area contributed by atoms with Crippen LogP contribution in [0.3, 0.4) is 0 Å². The van der Waals surface area contributed by atoms with Gasteiger partial charge in [0, 0.05) is 7.11 Å². The van der Waals surface area contributed by atoms with Crippen LogP contribution in [0.4, 0.5) is 8.78 Å². The Morgan fingerprint density at radius 2 is 2.12 bits per heavy atom. The zero-order valence-electron chi connectivity index (χ0n) is 4.60. The lowest BCUT2D eigenvalue weighted by Gasteiger charge is -2.06. The third-order valence-corrected chi connectivity index (χ3v) is 0.683. The minimum Gasteiger partial charge on any atom is -0.383 e. The summed E-state index contributed by atoms with van der Waals surface area (Å²) in [5.74, 6) is 0. The minimum absolute atomic E-state index is 0.0856. The van der Waals surface area contributed by atoms with Gasteiger partial charge in [0.1, 0.15) is 0 Å². The molecule has 2 nitrogen and oxygen atoms in total. The lowest BCUT2D eigenvalue weighted by atomic mass is 10.4. The predicted octanol–water partition coefficient (Wildman–Crippen LogP) is 0.225. The fourth-order valence-corrected chi connectivity index (χ4v) is 0.265. The average molecular weight is 125 g/mol. The van der Waals surface area contributed by atoms with E-state index in [2.05, 4.69) is 4.74 Å². The first-order chi connectivity index (χ1) is 3.68. The van der Waals surface area contributed by atoms with Gasteiger partial charge in [-0.3, -0.25) is 0 Å². The summed E-state index contributed by atoms with van der Waals surface area (Å²) in [4.78, 5) is 0. The molecule has 0 saturated heterocycles. The average Bonchev–Trinajstić information content (AvgIpc) is 1.67. The number of ether oxygens (including phenoxy) is 1. The van der Waals surface area contributed by atoms with Crippen molar-refractivity contribution in [3.05, 3.63) is 0 Å². The van der Waals surface area contributed by atoms with Gasteiger partial charge in [-0.1, -0.05) is 0 Å². The Balaban J connectivity index is 3.17. The van der Waals surface area contributed by atoms with Crippen molar-refractivity contribution in [2.45, 2.75) is 12.5 Å². The van der Waals surface area contributed by atoms with Gasteiger partial charge in [-0.25, -0.2) is 8.78 Å². The normalized spacial score (nSPS) is 14.6. The molecule has 0 aromatic carbocycles. The number of hydrogen-bond donors (Lipinski definition) is 1. The summed E-state index contributed by atoms with van der Waals surface area (Å²) in [5.41, 5.74) is 4.85. The molecule has 2 N–H and O–H groups in total. The first-order valence-electron chi connectivity index (χ1n) is 2.21. The first kappa shape index (κ1) is 7.78. The Bertz CT molecular complexity index is 60.0. The van der Waals surface area contributed by atoms with Crippen molar-refractivity contribution in [1.29, 1.82) is 0 Å². The molecule has 0 amide bonds. The van der Waals surface area contributed by atoms with Crippen molar-refractivity contribution < 1.29 is 13.5 Å². The van der Waals surface area contributed by atoms with Crippen LogP contribution in [0.1, 0.15) is 0 Å². The Morgan fingerprint density at radius 1 is 1.62 bits per heavy atom. The van der Waals surface area contributed by atoms with Gasteiger partial charge in [-0.2, -0.15) is 0 Å². The molecule has 0 heterocycles. The number of methoxy groups -OCH3 is 1. The molecule has 4 heteroatoms. The molecule has 0 bridgehead atoms. The maximum absolute atomic E-state index is 11.4. The molecule has 0 aromatic heterocycles. The number of nitrogens with two attached hydrogens (primary N) is 1. The van der Waals surface area contributed by atoms with E-state index in [9.17, 15) is 8.78 Å². The van der Waals surface area contributed by atoms with Crippen LogP contribution in [0.25, 0.3) is 0 Å². The molecule has 1 atom stereocenters. The van der Waals surface area contributed by atoms with Crippen LogP contribution in [0, 0.1) is 0 Å². The van der Waals surface area contributed by atoms with Crippen LogP contribution < -0.4 is 5.73 Å². The van der Waals surface area contributed by atoms with Gasteiger partial charge in [0.05, 0.1) is 12.6 Å². The van der Waals surface area contributed by atoms with E-state index in [4.69, 9.17) is 5.73 Å². The largest absolute Gasteiger partial charge is 0.383 e. The lowest BCUT2D eigenvalue weighted by Crippen LogP contribution is -2.33. The second-order valence-electron chi connectivity index (χ2n) is 1.45. The third kappa shape index (κ3) is 2.87. The van der Waals surface area contributed by atoms with E-state index in [1.165, 1.54) is 7.11 Å². The van der Waals surface area contributed by atoms with Gasteiger partial charge in [0.2, 0.25) is 0 Å². The molecule has 0 spiro atoms. The monoisotopic (exact) mass is 125 g/mol. The van der Waals surface area contributed by atoms with E-state index in [1.54, 1.807) is 0 Å². The van der Waals surface area contributed by atoms with Crippen molar-refractivity contribution in [2.24, 2.45) is 5.73 Å². The van der Waals surface area contributed by atoms with E-state index in [-0.39, 0.29) is 6.61 Å². The quantitative estimate of drug-likeness (QED) is 0.585. The zero-order chi connectivity index (χ0) is 6.57. The number of alkyl halides is 2. The second kappa shape index (κ2) is 3.74. The molecule has 0 aliphatic heterocycles. The van der Waals surface area contributed by atoms with Crippen molar-refractivity contribution in [3.63, 3.8) is 0 Å². The van der Waals surface area contributed by atoms with Crippen molar-refractivity contribution >= 4 is 0 Å². The molecule has 0 aromatic rings. The highest BCUT2D eigenvalue weighted by Gasteiger charge is 2.13. The molecular weight excluding hydrogens is 116 g/mol. The zero-order valence-corrected chi connectivity index (χ0v) is 4.60. The molecular formula is C4H9F2NO. The molecule has 0 saturated carbocycles. The molecule has 0 radical (unpaired) electrons. The van der Waals surface area contributed by atoms with Gasteiger partial charge >= 0.3 is 0 Å². The van der Waals surface area contributed by atoms with Crippen LogP contribution in [-0.4, -0.2) is 26.2 Å². The summed E-state index contributed by atoms with van der Waals surface area (Å²) < 4.78 is 27.2. The highest BCUT2D eigenvalue weighted by atomic mass is 19.3. The number of halogens is 2. The fraction of sp³-hybridized carbons (Fsp3) is 1.00. The van der Waals surface area contributed by atoms with Crippen LogP contribution in [0.2, 0.25) is 0 Å². The lowest BCUT2D eigenvalue weighted by molar-refractivity contribution is 0.0662. The maximum Gasteiger partial charge on any atom is 0.255 e. The van der Waals surface area contributed by atoms with Crippen molar-refractivity contribution in [2.75, 3.05) is 13.7 Å². The highest BCUT2D eigenvalue weighted by molar-refractivity contribution is 4.60. The van der Waals surface area contributed by atoms with Crippen LogP contribution in [-0.2, 0) is 4.74 Å². The summed E-state index contributed by atoms with van der Waals surface area (Å²) >= 11 is 0. The maximum atomic E-state index is 11.4. The van der Waals surface area contributed by atoms with Gasteiger partial charge in [0.25, 0.3) is 6.43 Å². The molecule has 0 rings (SSSR count). The van der Waals surface area contributed by atoms with Gasteiger partial charge < -0.3 is 10.5 Å². The smallest absolute Gasteiger partial charge is 0.255 e. The predicted molar refractivity (Wildman–Crippen MR) is 25.9 cm³/mol. The van der Waals surface area contributed by atoms with E-state index in [0.717, 1.165) is 0 Å². The highest BCUT2D eigenvalue weighted by Crippen LogP contribution is 1.96. The Morgan fingerprint density at radius 3 is 2.25 bits per heavy atom. The van der Waals surface area contributed by atoms with E-state index >= 15 is 0 Å². The van der Waals surface area contributed by atoms with E-state index in [1.807, 2.05) is 0 Å². The molecule has 0 aliphatic rings. The first-order valence-corrected chi connectivity index (χ1v) is 2.21. The molecule has 50 valence electrons. The third-order valence-electron chi connectivity index (χ3n) is 0.683. The van der Waals surface area contributed by atoms with Crippen LogP contribution in [0.15, 0.2) is 0 Å². The summed E-state index contributed by atoms with van der Waals surface area (Å²) in [6, 6.07) is -1.14. The summed E-state index contributed by atoms with van der Waals surface area (Å²) in [6.45, 7) is -0.0856. The Labute approximate surface area is 46.6 Å². The van der Waals surface area contributed by atoms with Gasteiger partial charge in [-0.05, 0) is 0 Å². The number of hydrogen-bond acceptors (Lipinski definition) is 2. The molecule has 1 unspecified atom stereocenters. The van der Waals surface area contributed by atoms with Crippen LogP contribution in [0.5, 0.6) is 0 Å². The summed E-state index contributed by atoms with van der Waals surface area (Å²) in [6.07, 6.45) is -2.48. The fourth-order valence-electron chi connectivity index (χ4n) is 0.265. The van der Waals surface area contributed by atoms with Gasteiger partial charge in [0.15, 0.2) is 0 Å².